The highest BCUT2D eigenvalue weighted by atomic mass is 31.1. The third-order valence-corrected chi connectivity index (χ3v) is 7.03. The lowest BCUT2D eigenvalue weighted by Crippen LogP contribution is -2.13. The first-order valence-electron chi connectivity index (χ1n) is 9.68. The summed E-state index contributed by atoms with van der Waals surface area (Å²) in [5.74, 6) is 0. The standard InChI is InChI=1S/C26H27P/c1-2-14-23(24-15-6-3-7-16-24)17-12-13-22-27(25-18-8-4-9-19-25)26-20-10-5-11-21-26/h3-12,14-21H,2,13,22H2,1H3/b17-12-,23-14-. The highest BCUT2D eigenvalue weighted by molar-refractivity contribution is 7.73. The zero-order valence-corrected chi connectivity index (χ0v) is 16.9. The minimum atomic E-state index is -0.315. The van der Waals surface area contributed by atoms with Gasteiger partial charge in [-0.2, -0.15) is 0 Å². The van der Waals surface area contributed by atoms with Gasteiger partial charge in [-0.15, -0.1) is 0 Å². The first-order valence-corrected chi connectivity index (χ1v) is 11.2. The summed E-state index contributed by atoms with van der Waals surface area (Å²) in [5, 5.41) is 2.92. The summed E-state index contributed by atoms with van der Waals surface area (Å²) in [6.07, 6.45) is 10.3. The van der Waals surface area contributed by atoms with E-state index < -0.39 is 0 Å². The molecule has 3 rings (SSSR count). The lowest BCUT2D eigenvalue weighted by molar-refractivity contribution is 1.22. The largest absolute Gasteiger partial charge is 0.0836 e. The van der Waals surface area contributed by atoms with E-state index in [1.807, 2.05) is 0 Å². The Morgan fingerprint density at radius 3 is 1.78 bits per heavy atom. The van der Waals surface area contributed by atoms with Crippen LogP contribution in [-0.4, -0.2) is 6.16 Å². The maximum absolute atomic E-state index is 2.34. The second-order valence-corrected chi connectivity index (χ2v) is 8.78. The number of rotatable bonds is 8. The first kappa shape index (κ1) is 19.3. The minimum Gasteiger partial charge on any atom is -0.0836 e. The van der Waals surface area contributed by atoms with Crippen molar-refractivity contribution < 1.29 is 0 Å². The molecule has 0 spiro atoms. The molecule has 0 bridgehead atoms. The van der Waals surface area contributed by atoms with Crippen molar-refractivity contribution in [3.63, 3.8) is 0 Å². The van der Waals surface area contributed by atoms with E-state index in [1.165, 1.54) is 27.9 Å². The number of benzene rings is 3. The molecule has 0 radical (unpaired) electrons. The summed E-state index contributed by atoms with van der Waals surface area (Å²) >= 11 is 0. The van der Waals surface area contributed by atoms with E-state index in [-0.39, 0.29) is 7.92 Å². The van der Waals surface area contributed by atoms with Crippen molar-refractivity contribution in [1.29, 1.82) is 0 Å². The molecule has 0 aliphatic heterocycles. The predicted molar refractivity (Wildman–Crippen MR) is 122 cm³/mol. The molecule has 0 fully saturated rings. The molecule has 0 unspecified atom stereocenters. The monoisotopic (exact) mass is 370 g/mol. The average Bonchev–Trinajstić information content (AvgIpc) is 2.75. The molecule has 0 atom stereocenters. The molecule has 0 aliphatic carbocycles. The summed E-state index contributed by atoms with van der Waals surface area (Å²) in [5.41, 5.74) is 2.62. The van der Waals surface area contributed by atoms with Crippen LogP contribution in [0.3, 0.4) is 0 Å². The molecule has 0 aromatic heterocycles. The molecular formula is C26H27P. The highest BCUT2D eigenvalue weighted by Crippen LogP contribution is 2.34. The predicted octanol–water partition coefficient (Wildman–Crippen LogP) is 6.56. The van der Waals surface area contributed by atoms with Crippen molar-refractivity contribution in [3.8, 4) is 0 Å². The Labute approximate surface area is 165 Å². The average molecular weight is 370 g/mol. The maximum atomic E-state index is 2.34. The van der Waals surface area contributed by atoms with Crippen molar-refractivity contribution in [2.45, 2.75) is 19.8 Å². The Hall–Kier alpha value is -2.43. The molecule has 1 heteroatoms. The van der Waals surface area contributed by atoms with Gasteiger partial charge in [0.15, 0.2) is 0 Å². The SMILES string of the molecule is CC/C=C(/C=C\CCP(c1ccccc1)c1ccccc1)c1ccccc1. The van der Waals surface area contributed by atoms with Crippen molar-refractivity contribution >= 4 is 24.1 Å². The summed E-state index contributed by atoms with van der Waals surface area (Å²) in [4.78, 5) is 0. The van der Waals surface area contributed by atoms with Crippen LogP contribution in [0, 0.1) is 0 Å². The van der Waals surface area contributed by atoms with Crippen LogP contribution in [0.5, 0.6) is 0 Å². The van der Waals surface area contributed by atoms with Gasteiger partial charge in [0.25, 0.3) is 0 Å². The van der Waals surface area contributed by atoms with Crippen LogP contribution in [-0.2, 0) is 0 Å². The lowest BCUT2D eigenvalue weighted by Gasteiger charge is -2.18. The van der Waals surface area contributed by atoms with Crippen LogP contribution in [0.15, 0.2) is 109 Å². The van der Waals surface area contributed by atoms with Crippen LogP contribution in [0.2, 0.25) is 0 Å². The zero-order valence-electron chi connectivity index (χ0n) is 16.0. The fraction of sp³-hybridized carbons (Fsp3) is 0.154. The van der Waals surface area contributed by atoms with Crippen molar-refractivity contribution in [2.75, 3.05) is 6.16 Å². The Kier molecular flexibility index (Phi) is 7.63. The van der Waals surface area contributed by atoms with Gasteiger partial charge in [0, 0.05) is 0 Å². The second kappa shape index (κ2) is 10.7. The van der Waals surface area contributed by atoms with E-state index in [9.17, 15) is 0 Å². The van der Waals surface area contributed by atoms with E-state index in [1.54, 1.807) is 0 Å². The number of hydrogen-bond acceptors (Lipinski definition) is 0. The Bertz CT molecular complexity index is 809. The molecule has 0 amide bonds. The number of hydrogen-bond donors (Lipinski definition) is 0. The van der Waals surface area contributed by atoms with Gasteiger partial charge in [-0.1, -0.05) is 116 Å². The van der Waals surface area contributed by atoms with E-state index in [2.05, 4.69) is 116 Å². The third-order valence-electron chi connectivity index (χ3n) is 4.48. The molecule has 0 nitrogen and oxygen atoms in total. The van der Waals surface area contributed by atoms with Gasteiger partial charge in [0.1, 0.15) is 0 Å². The van der Waals surface area contributed by atoms with Crippen molar-refractivity contribution in [3.05, 3.63) is 115 Å². The van der Waals surface area contributed by atoms with Crippen LogP contribution >= 0.6 is 7.92 Å². The van der Waals surface area contributed by atoms with Crippen LogP contribution in [0.1, 0.15) is 25.3 Å². The topological polar surface area (TPSA) is 0 Å². The molecule has 0 N–H and O–H groups in total. The van der Waals surface area contributed by atoms with Gasteiger partial charge in [-0.3, -0.25) is 0 Å². The van der Waals surface area contributed by atoms with E-state index in [0.717, 1.165) is 12.8 Å². The van der Waals surface area contributed by atoms with E-state index in [0.29, 0.717) is 0 Å². The molecular weight excluding hydrogens is 343 g/mol. The Balaban J connectivity index is 1.72. The second-order valence-electron chi connectivity index (χ2n) is 6.45. The first-order chi connectivity index (χ1) is 13.4. The fourth-order valence-electron chi connectivity index (χ4n) is 3.17. The molecule has 3 aromatic rings. The van der Waals surface area contributed by atoms with Gasteiger partial charge in [0.05, 0.1) is 0 Å². The quantitative estimate of drug-likeness (QED) is 0.311. The highest BCUT2D eigenvalue weighted by Gasteiger charge is 2.12. The molecule has 0 saturated heterocycles. The third kappa shape index (κ3) is 5.78. The van der Waals surface area contributed by atoms with Gasteiger partial charge < -0.3 is 0 Å². The zero-order chi connectivity index (χ0) is 18.7. The molecule has 27 heavy (non-hydrogen) atoms. The van der Waals surface area contributed by atoms with Gasteiger partial charge in [-0.25, -0.2) is 0 Å². The van der Waals surface area contributed by atoms with Crippen LogP contribution < -0.4 is 10.6 Å². The summed E-state index contributed by atoms with van der Waals surface area (Å²) in [7, 11) is -0.315. The molecule has 0 saturated carbocycles. The molecule has 136 valence electrons. The van der Waals surface area contributed by atoms with Gasteiger partial charge in [0.2, 0.25) is 0 Å². The number of allylic oxidation sites excluding steroid dienone is 4. The minimum absolute atomic E-state index is 0.315. The Morgan fingerprint density at radius 2 is 1.26 bits per heavy atom. The lowest BCUT2D eigenvalue weighted by atomic mass is 10.0. The molecule has 0 aliphatic rings. The maximum Gasteiger partial charge on any atom is -0.0187 e. The van der Waals surface area contributed by atoms with Crippen LogP contribution in [0.4, 0.5) is 0 Å². The van der Waals surface area contributed by atoms with Crippen molar-refractivity contribution in [2.24, 2.45) is 0 Å². The molecule has 0 heterocycles. The fourth-order valence-corrected chi connectivity index (χ4v) is 5.46. The van der Waals surface area contributed by atoms with Crippen molar-refractivity contribution in [1.82, 2.24) is 0 Å². The van der Waals surface area contributed by atoms with E-state index in [4.69, 9.17) is 0 Å². The summed E-state index contributed by atoms with van der Waals surface area (Å²) in [6, 6.07) is 32.6. The van der Waals surface area contributed by atoms with Gasteiger partial charge in [-0.05, 0) is 48.7 Å². The van der Waals surface area contributed by atoms with E-state index >= 15 is 0 Å². The summed E-state index contributed by atoms with van der Waals surface area (Å²) in [6.45, 7) is 2.20. The summed E-state index contributed by atoms with van der Waals surface area (Å²) < 4.78 is 0. The molecule has 3 aromatic carbocycles. The smallest absolute Gasteiger partial charge is 0.0187 e. The van der Waals surface area contributed by atoms with Crippen LogP contribution in [0.25, 0.3) is 5.57 Å². The Morgan fingerprint density at radius 1 is 0.741 bits per heavy atom. The van der Waals surface area contributed by atoms with Gasteiger partial charge >= 0.3 is 0 Å². The normalized spacial score (nSPS) is 12.0.